The molecule has 1 N–H and O–H groups in total. The minimum absolute atomic E-state index is 0.0125. The number of aromatic nitrogens is 4. The van der Waals surface area contributed by atoms with Crippen LogP contribution in [0.5, 0.6) is 5.75 Å². The highest BCUT2D eigenvalue weighted by Crippen LogP contribution is 2.22. The molecule has 1 aliphatic rings. The molecule has 182 valence electrons. The van der Waals surface area contributed by atoms with Crippen LogP contribution in [0.2, 0.25) is 0 Å². The van der Waals surface area contributed by atoms with Crippen LogP contribution in [-0.4, -0.2) is 79.6 Å². The number of fused-ring (bicyclic) bond motifs is 1. The summed E-state index contributed by atoms with van der Waals surface area (Å²) in [6.45, 7) is 2.90. The molecule has 1 saturated heterocycles. The van der Waals surface area contributed by atoms with Gasteiger partial charge in [-0.25, -0.2) is 4.79 Å². The number of nitro groups is 1. The van der Waals surface area contributed by atoms with E-state index in [0.29, 0.717) is 24.8 Å². The van der Waals surface area contributed by atoms with E-state index in [1.54, 1.807) is 11.6 Å². The zero-order valence-electron chi connectivity index (χ0n) is 19.2. The van der Waals surface area contributed by atoms with Crippen LogP contribution >= 0.6 is 0 Å². The van der Waals surface area contributed by atoms with Gasteiger partial charge in [-0.05, 0) is 19.2 Å². The number of aryl methyl sites for hydroxylation is 1. The van der Waals surface area contributed by atoms with E-state index in [4.69, 9.17) is 4.74 Å². The highest BCUT2D eigenvalue weighted by Gasteiger charge is 2.26. The number of anilines is 1. The Morgan fingerprint density at radius 2 is 1.74 bits per heavy atom. The van der Waals surface area contributed by atoms with Crippen LogP contribution in [0.25, 0.3) is 11.2 Å². The van der Waals surface area contributed by atoms with E-state index in [1.807, 2.05) is 11.9 Å². The normalized spacial score (nSPS) is 15.6. The number of imidazole rings is 1. The Bertz CT molecular complexity index is 1320. The van der Waals surface area contributed by atoms with Crippen molar-refractivity contribution in [2.75, 3.05) is 44.7 Å². The van der Waals surface area contributed by atoms with Crippen molar-refractivity contribution in [1.82, 2.24) is 23.6 Å². The number of aliphatic hydroxyl groups excluding tert-OH is 1. The smallest absolute Gasteiger partial charge is 0.332 e. The fraction of sp³-hybridized carbons (Fsp3) is 0.476. The minimum Gasteiger partial charge on any atom is -0.491 e. The van der Waals surface area contributed by atoms with Crippen LogP contribution in [0.3, 0.4) is 0 Å². The molecule has 0 unspecified atom stereocenters. The number of hydrogen-bond acceptors (Lipinski definition) is 9. The van der Waals surface area contributed by atoms with Crippen molar-refractivity contribution in [3.05, 3.63) is 55.2 Å². The Morgan fingerprint density at radius 3 is 2.35 bits per heavy atom. The molecule has 0 saturated carbocycles. The summed E-state index contributed by atoms with van der Waals surface area (Å²) in [6, 6.07) is 5.55. The first-order chi connectivity index (χ1) is 16.2. The largest absolute Gasteiger partial charge is 0.491 e. The molecule has 34 heavy (non-hydrogen) atoms. The molecular weight excluding hydrogens is 446 g/mol. The lowest BCUT2D eigenvalue weighted by Gasteiger charge is -2.33. The molecule has 0 radical (unpaired) electrons. The van der Waals surface area contributed by atoms with Crippen LogP contribution in [0.1, 0.15) is 0 Å². The summed E-state index contributed by atoms with van der Waals surface area (Å²) in [5, 5.41) is 21.5. The molecular formula is C21H27N7O6. The number of piperazine rings is 1. The maximum Gasteiger partial charge on any atom is 0.332 e. The molecule has 13 nitrogen and oxygen atoms in total. The van der Waals surface area contributed by atoms with E-state index in [0.717, 1.165) is 17.7 Å². The monoisotopic (exact) mass is 473 g/mol. The third-order valence-corrected chi connectivity index (χ3v) is 6.00. The zero-order valence-corrected chi connectivity index (χ0v) is 19.2. The SMILES string of the molecule is CN1CCN(c2nc3c(c(=O)n(C)c(=O)n3C)n2C[C@@H](O)COc2ccc([N+](=O)[O-])cc2)CC1. The van der Waals surface area contributed by atoms with E-state index < -0.39 is 22.3 Å². The average molecular weight is 473 g/mol. The molecule has 1 fully saturated rings. The second-order valence-corrected chi connectivity index (χ2v) is 8.41. The Balaban J connectivity index is 1.64. The van der Waals surface area contributed by atoms with Crippen molar-refractivity contribution < 1.29 is 14.8 Å². The summed E-state index contributed by atoms with van der Waals surface area (Å²) in [6.07, 6.45) is -1.01. The highest BCUT2D eigenvalue weighted by molar-refractivity contribution is 5.74. The van der Waals surface area contributed by atoms with E-state index in [-0.39, 0.29) is 30.0 Å². The summed E-state index contributed by atoms with van der Waals surface area (Å²) < 4.78 is 9.59. The van der Waals surface area contributed by atoms with E-state index in [2.05, 4.69) is 9.88 Å². The summed E-state index contributed by atoms with van der Waals surface area (Å²) in [7, 11) is 4.99. The van der Waals surface area contributed by atoms with Gasteiger partial charge in [0, 0.05) is 52.4 Å². The lowest BCUT2D eigenvalue weighted by molar-refractivity contribution is -0.384. The van der Waals surface area contributed by atoms with Crippen molar-refractivity contribution in [2.24, 2.45) is 14.1 Å². The predicted octanol–water partition coefficient (Wildman–Crippen LogP) is -0.466. The zero-order chi connectivity index (χ0) is 24.6. The number of aliphatic hydroxyl groups is 1. The molecule has 3 aromatic rings. The second kappa shape index (κ2) is 9.27. The third kappa shape index (κ3) is 4.39. The van der Waals surface area contributed by atoms with Gasteiger partial charge in [-0.2, -0.15) is 4.98 Å². The van der Waals surface area contributed by atoms with Crippen molar-refractivity contribution >= 4 is 22.8 Å². The minimum atomic E-state index is -1.01. The number of hydrogen-bond donors (Lipinski definition) is 1. The number of rotatable bonds is 7. The number of likely N-dealkylation sites (N-methyl/N-ethyl adjacent to an activating group) is 1. The Morgan fingerprint density at radius 1 is 1.09 bits per heavy atom. The molecule has 0 bridgehead atoms. The summed E-state index contributed by atoms with van der Waals surface area (Å²) >= 11 is 0. The lowest BCUT2D eigenvalue weighted by Crippen LogP contribution is -2.45. The Kier molecular flexibility index (Phi) is 6.39. The van der Waals surface area contributed by atoms with Gasteiger partial charge in [-0.15, -0.1) is 0 Å². The number of nitro benzene ring substituents is 1. The topological polar surface area (TPSA) is 141 Å². The summed E-state index contributed by atoms with van der Waals surface area (Å²) in [4.78, 5) is 44.6. The Labute approximate surface area is 194 Å². The molecule has 13 heteroatoms. The molecule has 0 spiro atoms. The first-order valence-electron chi connectivity index (χ1n) is 10.8. The highest BCUT2D eigenvalue weighted by atomic mass is 16.6. The van der Waals surface area contributed by atoms with Gasteiger partial charge in [0.1, 0.15) is 18.5 Å². The molecule has 4 rings (SSSR count). The fourth-order valence-electron chi connectivity index (χ4n) is 3.98. The molecule has 1 aromatic carbocycles. The number of ether oxygens (including phenoxy) is 1. The second-order valence-electron chi connectivity index (χ2n) is 8.41. The van der Waals surface area contributed by atoms with E-state index >= 15 is 0 Å². The number of nitrogens with zero attached hydrogens (tertiary/aromatic N) is 7. The lowest BCUT2D eigenvalue weighted by atomic mass is 10.3. The van der Waals surface area contributed by atoms with Gasteiger partial charge < -0.3 is 24.2 Å². The molecule has 1 aliphatic heterocycles. The van der Waals surface area contributed by atoms with Gasteiger partial charge in [-0.1, -0.05) is 0 Å². The van der Waals surface area contributed by atoms with Crippen LogP contribution in [0.4, 0.5) is 11.6 Å². The predicted molar refractivity (Wildman–Crippen MR) is 125 cm³/mol. The maximum absolute atomic E-state index is 13.0. The van der Waals surface area contributed by atoms with Gasteiger partial charge in [-0.3, -0.25) is 24.0 Å². The third-order valence-electron chi connectivity index (χ3n) is 6.00. The summed E-state index contributed by atoms with van der Waals surface area (Å²) in [5.41, 5.74) is -0.543. The fourth-order valence-corrected chi connectivity index (χ4v) is 3.98. The van der Waals surface area contributed by atoms with Gasteiger partial charge in [0.25, 0.3) is 11.2 Å². The van der Waals surface area contributed by atoms with Crippen LogP contribution in [-0.2, 0) is 20.6 Å². The van der Waals surface area contributed by atoms with E-state index in [9.17, 15) is 24.8 Å². The molecule has 0 aliphatic carbocycles. The standard InChI is InChI=1S/C21H27N7O6/c1-23-8-10-26(11-9-23)20-22-18-17(19(30)25(3)21(31)24(18)2)27(20)12-15(29)13-34-16-6-4-14(5-7-16)28(32)33/h4-7,15,29H,8-13H2,1-3H3/t15-/m1/s1. The van der Waals surface area contributed by atoms with Crippen LogP contribution in [0, 0.1) is 10.1 Å². The van der Waals surface area contributed by atoms with Gasteiger partial charge in [0.15, 0.2) is 11.2 Å². The van der Waals surface area contributed by atoms with Gasteiger partial charge >= 0.3 is 5.69 Å². The van der Waals surface area contributed by atoms with Crippen molar-refractivity contribution in [1.29, 1.82) is 0 Å². The first kappa shape index (κ1) is 23.4. The summed E-state index contributed by atoms with van der Waals surface area (Å²) in [5.74, 6) is 0.883. The van der Waals surface area contributed by atoms with Gasteiger partial charge in [0.05, 0.1) is 11.5 Å². The average Bonchev–Trinajstić information content (AvgIpc) is 3.20. The number of non-ortho nitro benzene ring substituents is 1. The van der Waals surface area contributed by atoms with Crippen molar-refractivity contribution in [2.45, 2.75) is 12.6 Å². The number of benzene rings is 1. The van der Waals surface area contributed by atoms with Crippen LogP contribution in [0.15, 0.2) is 33.9 Å². The van der Waals surface area contributed by atoms with Crippen molar-refractivity contribution in [3.8, 4) is 5.75 Å². The molecule has 3 heterocycles. The van der Waals surface area contributed by atoms with E-state index in [1.165, 1.54) is 35.9 Å². The first-order valence-corrected chi connectivity index (χ1v) is 10.8. The quantitative estimate of drug-likeness (QED) is 0.356. The van der Waals surface area contributed by atoms with Crippen LogP contribution < -0.4 is 20.9 Å². The molecule has 2 aromatic heterocycles. The Hall–Kier alpha value is -3.71. The molecule has 1 atom stereocenters. The van der Waals surface area contributed by atoms with Gasteiger partial charge in [0.2, 0.25) is 5.95 Å². The van der Waals surface area contributed by atoms with Crippen molar-refractivity contribution in [3.63, 3.8) is 0 Å². The molecule has 0 amide bonds. The maximum atomic E-state index is 13.0.